The Labute approximate surface area is 93.7 Å². The minimum atomic E-state index is 0.101. The van der Waals surface area contributed by atoms with E-state index in [1.807, 2.05) is 7.05 Å². The van der Waals surface area contributed by atoms with E-state index in [9.17, 15) is 0 Å². The quantitative estimate of drug-likeness (QED) is 0.610. The summed E-state index contributed by atoms with van der Waals surface area (Å²) in [4.78, 5) is 4.48. The number of rotatable bonds is 0. The first-order chi connectivity index (χ1) is 6.86. The van der Waals surface area contributed by atoms with Gasteiger partial charge in [-0.3, -0.25) is 4.99 Å². The van der Waals surface area contributed by atoms with Gasteiger partial charge in [-0.2, -0.15) is 0 Å². The third-order valence-electron chi connectivity index (χ3n) is 4.26. The predicted molar refractivity (Wildman–Crippen MR) is 67.0 cm³/mol. The summed E-state index contributed by atoms with van der Waals surface area (Å²) in [5.41, 5.74) is 8.51. The lowest BCUT2D eigenvalue weighted by Crippen LogP contribution is -2.39. The van der Waals surface area contributed by atoms with Crippen molar-refractivity contribution in [3.8, 4) is 0 Å². The van der Waals surface area contributed by atoms with Gasteiger partial charge in [0.15, 0.2) is 0 Å². The molecule has 0 atom stereocenters. The van der Waals surface area contributed by atoms with Crippen molar-refractivity contribution >= 4 is 5.71 Å². The Hall–Kier alpha value is -0.790. The molecule has 0 saturated heterocycles. The minimum absolute atomic E-state index is 0.101. The van der Waals surface area contributed by atoms with Gasteiger partial charge in [0.2, 0.25) is 0 Å². The SMILES string of the molecule is CN=C1C(=CN)CCCC(C)(C)C1(C)C. The van der Waals surface area contributed by atoms with Crippen LogP contribution in [-0.4, -0.2) is 12.8 Å². The van der Waals surface area contributed by atoms with Crippen molar-refractivity contribution in [2.24, 2.45) is 21.6 Å². The number of nitrogens with zero attached hydrogens (tertiary/aromatic N) is 1. The zero-order valence-electron chi connectivity index (χ0n) is 10.7. The highest BCUT2D eigenvalue weighted by Crippen LogP contribution is 2.48. The van der Waals surface area contributed by atoms with Gasteiger partial charge < -0.3 is 5.73 Å². The van der Waals surface area contributed by atoms with E-state index >= 15 is 0 Å². The Morgan fingerprint density at radius 2 is 1.87 bits per heavy atom. The Balaban J connectivity index is 3.25. The average molecular weight is 208 g/mol. The molecule has 0 aromatic carbocycles. The molecule has 0 unspecified atom stereocenters. The molecule has 1 aliphatic rings. The molecule has 0 bridgehead atoms. The third-order valence-corrected chi connectivity index (χ3v) is 4.26. The molecule has 0 aromatic rings. The predicted octanol–water partition coefficient (Wildman–Crippen LogP) is 3.14. The van der Waals surface area contributed by atoms with Gasteiger partial charge in [-0.15, -0.1) is 0 Å². The first-order valence-corrected chi connectivity index (χ1v) is 5.75. The smallest absolute Gasteiger partial charge is 0.0452 e. The maximum Gasteiger partial charge on any atom is 0.0452 e. The Morgan fingerprint density at radius 1 is 1.27 bits per heavy atom. The topological polar surface area (TPSA) is 38.4 Å². The minimum Gasteiger partial charge on any atom is -0.404 e. The molecule has 2 heteroatoms. The number of hydrogen-bond donors (Lipinski definition) is 1. The van der Waals surface area contributed by atoms with Crippen LogP contribution in [0, 0.1) is 10.8 Å². The summed E-state index contributed by atoms with van der Waals surface area (Å²) in [7, 11) is 1.88. The molecule has 1 saturated carbocycles. The highest BCUT2D eigenvalue weighted by molar-refractivity contribution is 6.04. The van der Waals surface area contributed by atoms with E-state index in [0.717, 1.165) is 6.42 Å². The summed E-state index contributed by atoms with van der Waals surface area (Å²) < 4.78 is 0. The Kier molecular flexibility index (Phi) is 3.27. The summed E-state index contributed by atoms with van der Waals surface area (Å²) in [5.74, 6) is 0. The van der Waals surface area contributed by atoms with Crippen LogP contribution >= 0.6 is 0 Å². The van der Waals surface area contributed by atoms with Crippen molar-refractivity contribution in [1.29, 1.82) is 0 Å². The molecule has 0 aromatic heterocycles. The van der Waals surface area contributed by atoms with E-state index in [4.69, 9.17) is 5.73 Å². The molecule has 2 N–H and O–H groups in total. The highest BCUT2D eigenvalue weighted by Gasteiger charge is 2.43. The highest BCUT2D eigenvalue weighted by atomic mass is 14.7. The number of aliphatic imine (C=N–C) groups is 1. The van der Waals surface area contributed by atoms with Gasteiger partial charge in [0.05, 0.1) is 0 Å². The van der Waals surface area contributed by atoms with Gasteiger partial charge in [0, 0.05) is 18.2 Å². The second kappa shape index (κ2) is 3.99. The van der Waals surface area contributed by atoms with Crippen LogP contribution in [0.1, 0.15) is 47.0 Å². The molecule has 0 amide bonds. The number of nitrogens with two attached hydrogens (primary N) is 1. The maximum atomic E-state index is 5.71. The largest absolute Gasteiger partial charge is 0.404 e. The van der Waals surface area contributed by atoms with E-state index in [1.165, 1.54) is 24.1 Å². The number of allylic oxidation sites excluding steroid dienone is 1. The lowest BCUT2D eigenvalue weighted by molar-refractivity contribution is 0.174. The van der Waals surface area contributed by atoms with Crippen LogP contribution in [0.25, 0.3) is 0 Å². The molecule has 1 fully saturated rings. The second-order valence-electron chi connectivity index (χ2n) is 5.63. The van der Waals surface area contributed by atoms with Gasteiger partial charge in [-0.25, -0.2) is 0 Å². The lowest BCUT2D eigenvalue weighted by Gasteiger charge is -2.41. The van der Waals surface area contributed by atoms with Gasteiger partial charge in [-0.05, 0) is 36.5 Å². The van der Waals surface area contributed by atoms with Crippen LogP contribution in [0.3, 0.4) is 0 Å². The van der Waals surface area contributed by atoms with Gasteiger partial charge in [0.1, 0.15) is 0 Å². The van der Waals surface area contributed by atoms with Gasteiger partial charge in [-0.1, -0.05) is 27.7 Å². The van der Waals surface area contributed by atoms with Crippen LogP contribution in [-0.2, 0) is 0 Å². The van der Waals surface area contributed by atoms with Crippen LogP contribution in [0.4, 0.5) is 0 Å². The molecule has 0 radical (unpaired) electrons. The van der Waals surface area contributed by atoms with E-state index in [-0.39, 0.29) is 10.8 Å². The molecule has 2 nitrogen and oxygen atoms in total. The summed E-state index contributed by atoms with van der Waals surface area (Å²) in [6.07, 6.45) is 5.25. The van der Waals surface area contributed by atoms with Crippen molar-refractivity contribution in [3.05, 3.63) is 11.8 Å². The zero-order valence-corrected chi connectivity index (χ0v) is 10.7. The molecule has 1 rings (SSSR count). The molecule has 1 aliphatic carbocycles. The second-order valence-corrected chi connectivity index (χ2v) is 5.63. The van der Waals surface area contributed by atoms with Crippen molar-refractivity contribution in [3.63, 3.8) is 0 Å². The molecule has 0 aliphatic heterocycles. The monoisotopic (exact) mass is 208 g/mol. The van der Waals surface area contributed by atoms with Crippen molar-refractivity contribution in [2.75, 3.05) is 7.05 Å². The third kappa shape index (κ3) is 1.95. The first kappa shape index (κ1) is 12.3. The number of hydrogen-bond acceptors (Lipinski definition) is 2. The fourth-order valence-electron chi connectivity index (χ4n) is 2.46. The van der Waals surface area contributed by atoms with E-state index in [1.54, 1.807) is 6.20 Å². The van der Waals surface area contributed by atoms with Crippen molar-refractivity contribution in [1.82, 2.24) is 0 Å². The van der Waals surface area contributed by atoms with Gasteiger partial charge >= 0.3 is 0 Å². The normalized spacial score (nSPS) is 30.5. The molecular formula is C13H24N2. The molecule has 0 spiro atoms. The molecule has 0 heterocycles. The molecular weight excluding hydrogens is 184 g/mol. The van der Waals surface area contributed by atoms with Crippen LogP contribution in [0.15, 0.2) is 16.8 Å². The fourth-order valence-corrected chi connectivity index (χ4v) is 2.46. The van der Waals surface area contributed by atoms with Crippen molar-refractivity contribution in [2.45, 2.75) is 47.0 Å². The van der Waals surface area contributed by atoms with E-state index < -0.39 is 0 Å². The van der Waals surface area contributed by atoms with Gasteiger partial charge in [0.25, 0.3) is 0 Å². The fraction of sp³-hybridized carbons (Fsp3) is 0.769. The summed E-state index contributed by atoms with van der Waals surface area (Å²) in [6, 6.07) is 0. The first-order valence-electron chi connectivity index (χ1n) is 5.75. The average Bonchev–Trinajstić information content (AvgIpc) is 2.22. The Morgan fingerprint density at radius 3 is 2.33 bits per heavy atom. The maximum absolute atomic E-state index is 5.71. The molecule has 15 heavy (non-hydrogen) atoms. The van der Waals surface area contributed by atoms with E-state index in [2.05, 4.69) is 32.7 Å². The Bertz CT molecular complexity index is 296. The molecule has 86 valence electrons. The zero-order chi connectivity index (χ0) is 11.7. The van der Waals surface area contributed by atoms with Crippen LogP contribution in [0.5, 0.6) is 0 Å². The summed E-state index contributed by atoms with van der Waals surface area (Å²) in [5, 5.41) is 0. The van der Waals surface area contributed by atoms with E-state index in [0.29, 0.717) is 0 Å². The van der Waals surface area contributed by atoms with Crippen LogP contribution < -0.4 is 5.73 Å². The summed E-state index contributed by atoms with van der Waals surface area (Å²) in [6.45, 7) is 9.23. The standard InChI is InChI=1S/C13H24N2/c1-12(2)8-6-7-10(9-14)11(15-5)13(12,3)4/h9H,6-8,14H2,1-5H3. The summed E-state index contributed by atoms with van der Waals surface area (Å²) >= 11 is 0. The van der Waals surface area contributed by atoms with Crippen molar-refractivity contribution < 1.29 is 0 Å². The van der Waals surface area contributed by atoms with Crippen LogP contribution in [0.2, 0.25) is 0 Å². The lowest BCUT2D eigenvalue weighted by atomic mass is 9.63.